The van der Waals surface area contributed by atoms with E-state index in [0.717, 1.165) is 15.6 Å². The van der Waals surface area contributed by atoms with E-state index in [2.05, 4.69) is 15.9 Å². The van der Waals surface area contributed by atoms with Crippen molar-refractivity contribution in [1.82, 2.24) is 0 Å². The summed E-state index contributed by atoms with van der Waals surface area (Å²) in [5, 5.41) is 18.4. The first-order valence-corrected chi connectivity index (χ1v) is 5.32. The second-order valence-electron chi connectivity index (χ2n) is 3.89. The van der Waals surface area contributed by atoms with Crippen molar-refractivity contribution >= 4 is 21.9 Å². The fraction of sp³-hybridized carbons (Fsp3) is 0.364. The van der Waals surface area contributed by atoms with Crippen LogP contribution in [0.25, 0.3) is 0 Å². The van der Waals surface area contributed by atoms with Gasteiger partial charge in [-0.3, -0.25) is 0 Å². The van der Waals surface area contributed by atoms with Crippen LogP contribution in [0.3, 0.4) is 0 Å². The van der Waals surface area contributed by atoms with Crippen LogP contribution in [-0.2, 0) is 11.2 Å². The normalized spacial score (nSPS) is 14.7. The molecule has 0 aliphatic heterocycles. The summed E-state index contributed by atoms with van der Waals surface area (Å²) in [7, 11) is 0. The molecule has 0 aliphatic rings. The van der Waals surface area contributed by atoms with Gasteiger partial charge in [-0.25, -0.2) is 4.79 Å². The Morgan fingerprint density at radius 3 is 2.53 bits per heavy atom. The molecule has 0 heterocycles. The molecule has 0 amide bonds. The first kappa shape index (κ1) is 12.2. The Bertz CT molecular complexity index is 365. The molecule has 0 aromatic heterocycles. The van der Waals surface area contributed by atoms with E-state index in [9.17, 15) is 9.90 Å². The molecule has 0 bridgehead atoms. The number of carboxylic acid groups (broad SMARTS) is 1. The quantitative estimate of drug-likeness (QED) is 0.887. The van der Waals surface area contributed by atoms with E-state index in [1.54, 1.807) is 0 Å². The fourth-order valence-electron chi connectivity index (χ4n) is 1.39. The molecule has 1 atom stereocenters. The van der Waals surface area contributed by atoms with Gasteiger partial charge in [0.25, 0.3) is 0 Å². The van der Waals surface area contributed by atoms with Gasteiger partial charge in [0, 0.05) is 10.9 Å². The maximum absolute atomic E-state index is 10.7. The van der Waals surface area contributed by atoms with Crippen molar-refractivity contribution in [2.24, 2.45) is 0 Å². The number of benzene rings is 1. The van der Waals surface area contributed by atoms with E-state index >= 15 is 0 Å². The van der Waals surface area contributed by atoms with Crippen LogP contribution in [0.4, 0.5) is 0 Å². The van der Waals surface area contributed by atoms with Gasteiger partial charge >= 0.3 is 5.97 Å². The lowest BCUT2D eigenvalue weighted by Gasteiger charge is -2.18. The van der Waals surface area contributed by atoms with E-state index in [4.69, 9.17) is 5.11 Å². The second kappa shape index (κ2) is 4.33. The highest BCUT2D eigenvalue weighted by atomic mass is 79.9. The molecule has 3 nitrogen and oxygen atoms in total. The lowest BCUT2D eigenvalue weighted by molar-refractivity contribution is -0.156. The molecule has 2 N–H and O–H groups in total. The van der Waals surface area contributed by atoms with Crippen LogP contribution in [0.2, 0.25) is 0 Å². The van der Waals surface area contributed by atoms with Gasteiger partial charge in [0.05, 0.1) is 0 Å². The summed E-state index contributed by atoms with van der Waals surface area (Å²) < 4.78 is 0.888. The van der Waals surface area contributed by atoms with Crippen LogP contribution in [-0.4, -0.2) is 21.8 Å². The molecular weight excluding hydrogens is 260 g/mol. The van der Waals surface area contributed by atoms with Gasteiger partial charge in [0.15, 0.2) is 5.60 Å². The summed E-state index contributed by atoms with van der Waals surface area (Å²) >= 11 is 3.33. The lowest BCUT2D eigenvalue weighted by atomic mass is 9.96. The molecule has 1 aromatic rings. The third-order valence-corrected chi connectivity index (χ3v) is 2.57. The molecule has 82 valence electrons. The van der Waals surface area contributed by atoms with Gasteiger partial charge in [-0.05, 0) is 37.1 Å². The van der Waals surface area contributed by atoms with Gasteiger partial charge in [-0.15, -0.1) is 0 Å². The van der Waals surface area contributed by atoms with Crippen molar-refractivity contribution in [1.29, 1.82) is 0 Å². The van der Waals surface area contributed by atoms with Gasteiger partial charge in [-0.1, -0.05) is 22.0 Å². The molecule has 1 aromatic carbocycles. The Morgan fingerprint density at radius 1 is 1.47 bits per heavy atom. The number of hydrogen-bond donors (Lipinski definition) is 2. The number of carboxylic acids is 1. The zero-order valence-corrected chi connectivity index (χ0v) is 10.2. The van der Waals surface area contributed by atoms with Gasteiger partial charge < -0.3 is 10.2 Å². The summed E-state index contributed by atoms with van der Waals surface area (Å²) in [6.07, 6.45) is 0.0998. The molecular formula is C11H13BrO3. The highest BCUT2D eigenvalue weighted by molar-refractivity contribution is 9.10. The molecule has 0 saturated carbocycles. The summed E-state index contributed by atoms with van der Waals surface area (Å²) in [5.41, 5.74) is 0.114. The van der Waals surface area contributed by atoms with E-state index < -0.39 is 11.6 Å². The van der Waals surface area contributed by atoms with Crippen molar-refractivity contribution in [3.63, 3.8) is 0 Å². The zero-order valence-electron chi connectivity index (χ0n) is 8.62. The minimum atomic E-state index is -1.72. The third-order valence-electron chi connectivity index (χ3n) is 2.11. The molecule has 1 unspecified atom stereocenters. The maximum Gasteiger partial charge on any atom is 0.335 e. The minimum absolute atomic E-state index is 0.0998. The number of aryl methyl sites for hydroxylation is 1. The van der Waals surface area contributed by atoms with Crippen molar-refractivity contribution in [2.45, 2.75) is 25.9 Å². The van der Waals surface area contributed by atoms with E-state index in [-0.39, 0.29) is 6.42 Å². The Balaban J connectivity index is 2.94. The lowest BCUT2D eigenvalue weighted by Crippen LogP contribution is -2.37. The van der Waals surface area contributed by atoms with Crippen molar-refractivity contribution in [2.75, 3.05) is 0 Å². The Hall–Kier alpha value is -0.870. The third kappa shape index (κ3) is 3.32. The van der Waals surface area contributed by atoms with Crippen molar-refractivity contribution in [3.8, 4) is 0 Å². The predicted molar refractivity (Wildman–Crippen MR) is 60.8 cm³/mol. The Labute approximate surface area is 96.9 Å². The number of rotatable bonds is 3. The fourth-order valence-corrected chi connectivity index (χ4v) is 2.04. The highest BCUT2D eigenvalue weighted by Gasteiger charge is 2.30. The van der Waals surface area contributed by atoms with Crippen LogP contribution in [0.1, 0.15) is 18.1 Å². The monoisotopic (exact) mass is 272 g/mol. The smallest absolute Gasteiger partial charge is 0.335 e. The van der Waals surface area contributed by atoms with Crippen LogP contribution in [0.15, 0.2) is 22.7 Å². The Morgan fingerprint density at radius 2 is 2.07 bits per heavy atom. The van der Waals surface area contributed by atoms with Gasteiger partial charge in [-0.2, -0.15) is 0 Å². The van der Waals surface area contributed by atoms with Crippen LogP contribution < -0.4 is 0 Å². The zero-order chi connectivity index (χ0) is 11.6. The van der Waals surface area contributed by atoms with Crippen LogP contribution in [0.5, 0.6) is 0 Å². The van der Waals surface area contributed by atoms with Crippen LogP contribution >= 0.6 is 15.9 Å². The van der Waals surface area contributed by atoms with Crippen LogP contribution in [0, 0.1) is 6.92 Å². The molecule has 0 fully saturated rings. The first-order chi connectivity index (χ1) is 6.81. The number of hydrogen-bond acceptors (Lipinski definition) is 2. The van der Waals surface area contributed by atoms with Gasteiger partial charge in [0.1, 0.15) is 0 Å². The largest absolute Gasteiger partial charge is 0.479 e. The van der Waals surface area contributed by atoms with Gasteiger partial charge in [0.2, 0.25) is 0 Å². The van der Waals surface area contributed by atoms with Crippen molar-refractivity contribution < 1.29 is 15.0 Å². The molecule has 4 heteroatoms. The number of halogens is 1. The molecule has 1 rings (SSSR count). The number of aliphatic hydroxyl groups is 1. The molecule has 0 spiro atoms. The standard InChI is InChI=1S/C11H13BrO3/c1-7-3-8(5-9(12)4-7)6-11(2,15)10(13)14/h3-5,15H,6H2,1-2H3,(H,13,14). The van der Waals surface area contributed by atoms with E-state index in [1.165, 1.54) is 6.92 Å². The summed E-state index contributed by atoms with van der Waals surface area (Å²) in [6.45, 7) is 3.22. The average molecular weight is 273 g/mol. The SMILES string of the molecule is Cc1cc(Br)cc(CC(C)(O)C(=O)O)c1. The minimum Gasteiger partial charge on any atom is -0.479 e. The van der Waals surface area contributed by atoms with Crippen molar-refractivity contribution in [3.05, 3.63) is 33.8 Å². The number of aliphatic carboxylic acids is 1. The van der Waals surface area contributed by atoms with E-state index in [1.807, 2.05) is 25.1 Å². The Kier molecular flexibility index (Phi) is 3.52. The molecule has 0 saturated heterocycles. The molecule has 0 aliphatic carbocycles. The first-order valence-electron chi connectivity index (χ1n) is 4.53. The second-order valence-corrected chi connectivity index (χ2v) is 4.81. The molecule has 15 heavy (non-hydrogen) atoms. The summed E-state index contributed by atoms with van der Waals surface area (Å²) in [6, 6.07) is 5.60. The topological polar surface area (TPSA) is 57.5 Å². The average Bonchev–Trinajstić information content (AvgIpc) is 1.99. The molecule has 0 radical (unpaired) electrons. The summed E-state index contributed by atoms with van der Waals surface area (Å²) in [4.78, 5) is 10.7. The highest BCUT2D eigenvalue weighted by Crippen LogP contribution is 2.19. The maximum atomic E-state index is 10.7. The van der Waals surface area contributed by atoms with E-state index in [0.29, 0.717) is 0 Å². The summed E-state index contributed by atoms with van der Waals surface area (Å²) in [5.74, 6) is -1.21. The number of carbonyl (C=O) groups is 1. The predicted octanol–water partition coefficient (Wildman–Crippen LogP) is 2.14.